The molecule has 1 aromatic carbocycles. The lowest BCUT2D eigenvalue weighted by atomic mass is 10.0. The molecule has 282 valence electrons. The summed E-state index contributed by atoms with van der Waals surface area (Å²) < 4.78 is 38.9. The van der Waals surface area contributed by atoms with Gasteiger partial charge in [-0.25, -0.2) is 18.0 Å². The van der Waals surface area contributed by atoms with Crippen LogP contribution < -0.4 is 15.4 Å². The van der Waals surface area contributed by atoms with Crippen molar-refractivity contribution < 1.29 is 41.9 Å². The van der Waals surface area contributed by atoms with Crippen LogP contribution in [-0.2, 0) is 47.0 Å². The molecule has 1 saturated heterocycles. The molecule has 4 heterocycles. The van der Waals surface area contributed by atoms with E-state index in [1.54, 1.807) is 11.0 Å². The number of sulfonamides is 1. The lowest BCUT2D eigenvalue weighted by molar-refractivity contribution is -0.141. The highest BCUT2D eigenvalue weighted by Gasteiger charge is 2.45. The second-order valence-corrected chi connectivity index (χ2v) is 16.5. The molecule has 5 bridgehead atoms. The first-order chi connectivity index (χ1) is 25.0. The number of benzene rings is 1. The normalized spacial score (nSPS) is 29.4. The Morgan fingerprint density at radius 2 is 1.77 bits per heavy atom. The van der Waals surface area contributed by atoms with Crippen LogP contribution in [0, 0.1) is 5.92 Å². The van der Waals surface area contributed by atoms with E-state index in [-0.39, 0.29) is 31.9 Å². The standard InChI is InChI=1S/C37H49N5O9S/c1-24-11-8-9-12-25-13-10-14-26-20-41(22-29(25)26)37(47)51-27-19-32-34(44)38-30(33(43)40-52(48,49)28-17-18-28)15-6-4-2-3-5-7-16-31(35(45)42(32)21-27)39-36(46)50-23-24/h4,6,9-10,12-14,24,27-28,30-32H,2-3,5,7-8,11,15-23H2,1H3,(H,38,44)(H,39,46)(H,40,43)/b6-4-,12-9+/t24-,27+,30?,31-,32-/m0/s1. The fourth-order valence-electron chi connectivity index (χ4n) is 7.17. The van der Waals surface area contributed by atoms with E-state index in [0.717, 1.165) is 42.4 Å². The van der Waals surface area contributed by atoms with Crippen LogP contribution in [0.3, 0.4) is 0 Å². The molecule has 1 aliphatic carbocycles. The fraction of sp³-hybridized carbons (Fsp3) is 0.595. The molecule has 1 saturated carbocycles. The number of rotatable bonds is 3. The quantitative estimate of drug-likeness (QED) is 0.390. The van der Waals surface area contributed by atoms with Crippen LogP contribution in [0.4, 0.5) is 9.59 Å². The third kappa shape index (κ3) is 9.33. The largest absolute Gasteiger partial charge is 0.449 e. The highest BCUT2D eigenvalue weighted by molar-refractivity contribution is 7.90. The molecule has 15 heteroatoms. The van der Waals surface area contributed by atoms with Gasteiger partial charge in [-0.15, -0.1) is 0 Å². The molecule has 0 aromatic heterocycles. The van der Waals surface area contributed by atoms with Crippen molar-refractivity contribution in [3.8, 4) is 0 Å². The van der Waals surface area contributed by atoms with Crippen molar-refractivity contribution >= 4 is 46.0 Å². The predicted octanol–water partition coefficient (Wildman–Crippen LogP) is 3.65. The van der Waals surface area contributed by atoms with Crippen LogP contribution in [0.25, 0.3) is 6.08 Å². The summed E-state index contributed by atoms with van der Waals surface area (Å²) in [5.41, 5.74) is 3.04. The van der Waals surface area contributed by atoms with E-state index in [4.69, 9.17) is 9.47 Å². The third-order valence-electron chi connectivity index (χ3n) is 10.3. The first-order valence-corrected chi connectivity index (χ1v) is 20.0. The molecule has 2 fully saturated rings. The van der Waals surface area contributed by atoms with Gasteiger partial charge < -0.3 is 25.0 Å². The molecule has 5 amide bonds. The van der Waals surface area contributed by atoms with Crippen molar-refractivity contribution in [3.05, 3.63) is 53.1 Å². The zero-order valence-electron chi connectivity index (χ0n) is 29.6. The van der Waals surface area contributed by atoms with Crippen molar-refractivity contribution in [2.24, 2.45) is 5.92 Å². The molecule has 52 heavy (non-hydrogen) atoms. The molecule has 6 rings (SSSR count). The third-order valence-corrected chi connectivity index (χ3v) is 12.2. The number of nitrogens with zero attached hydrogens (tertiary/aromatic N) is 2. The van der Waals surface area contributed by atoms with Gasteiger partial charge in [-0.2, -0.15) is 0 Å². The van der Waals surface area contributed by atoms with E-state index in [2.05, 4.69) is 21.4 Å². The Balaban J connectivity index is 1.27. The van der Waals surface area contributed by atoms with Crippen molar-refractivity contribution in [3.63, 3.8) is 0 Å². The molecular weight excluding hydrogens is 690 g/mol. The molecule has 14 nitrogen and oxygen atoms in total. The summed E-state index contributed by atoms with van der Waals surface area (Å²) in [5, 5.41) is 4.78. The second kappa shape index (κ2) is 16.5. The zero-order valence-corrected chi connectivity index (χ0v) is 30.4. The highest BCUT2D eigenvalue weighted by atomic mass is 32.2. The van der Waals surface area contributed by atoms with E-state index in [1.165, 1.54) is 4.90 Å². The fourth-order valence-corrected chi connectivity index (χ4v) is 8.52. The number of ether oxygens (including phenoxy) is 2. The van der Waals surface area contributed by atoms with Crippen LogP contribution >= 0.6 is 0 Å². The number of cyclic esters (lactones) is 1. The first-order valence-electron chi connectivity index (χ1n) is 18.5. The number of fused-ring (bicyclic) bond motifs is 3. The van der Waals surface area contributed by atoms with Gasteiger partial charge >= 0.3 is 12.2 Å². The number of carbonyl (C=O) groups excluding carboxylic acids is 5. The molecule has 5 aliphatic rings. The maximum absolute atomic E-state index is 14.3. The molecule has 3 N–H and O–H groups in total. The smallest absolute Gasteiger partial charge is 0.410 e. The van der Waals surface area contributed by atoms with Crippen molar-refractivity contribution in [1.82, 2.24) is 25.2 Å². The Morgan fingerprint density at radius 3 is 2.58 bits per heavy atom. The van der Waals surface area contributed by atoms with Gasteiger partial charge in [0.15, 0.2) is 0 Å². The molecule has 1 unspecified atom stereocenters. The Bertz CT molecular complexity index is 1710. The van der Waals surface area contributed by atoms with Crippen molar-refractivity contribution in [2.75, 3.05) is 13.2 Å². The van der Waals surface area contributed by atoms with Gasteiger partial charge in [0, 0.05) is 13.0 Å². The number of allylic oxidation sites excluding steroid dienone is 2. The molecule has 5 atom stereocenters. The summed E-state index contributed by atoms with van der Waals surface area (Å²) in [6.45, 7) is 2.73. The van der Waals surface area contributed by atoms with E-state index in [1.807, 2.05) is 37.3 Å². The van der Waals surface area contributed by atoms with Gasteiger partial charge in [-0.1, -0.05) is 62.3 Å². The Kier molecular flexibility index (Phi) is 11.9. The van der Waals surface area contributed by atoms with Gasteiger partial charge in [0.2, 0.25) is 21.8 Å². The number of nitrogens with one attached hydrogen (secondary N) is 3. The van der Waals surface area contributed by atoms with E-state index >= 15 is 0 Å². The van der Waals surface area contributed by atoms with Gasteiger partial charge in [-0.05, 0) is 74.0 Å². The van der Waals surface area contributed by atoms with Gasteiger partial charge in [0.1, 0.15) is 24.2 Å². The number of carbonyl (C=O) groups is 5. The Morgan fingerprint density at radius 1 is 0.942 bits per heavy atom. The van der Waals surface area contributed by atoms with Crippen molar-refractivity contribution in [1.29, 1.82) is 0 Å². The Hall–Kier alpha value is -4.40. The van der Waals surface area contributed by atoms with Crippen LogP contribution in [0.1, 0.15) is 94.2 Å². The molecule has 0 spiro atoms. The van der Waals surface area contributed by atoms with E-state index in [9.17, 15) is 32.4 Å². The maximum atomic E-state index is 14.3. The minimum absolute atomic E-state index is 0.0397. The predicted molar refractivity (Wildman–Crippen MR) is 191 cm³/mol. The number of amides is 5. The first kappa shape index (κ1) is 37.4. The van der Waals surface area contributed by atoms with Gasteiger partial charge in [0.25, 0.3) is 5.91 Å². The molecule has 4 aliphatic heterocycles. The van der Waals surface area contributed by atoms with E-state index in [0.29, 0.717) is 45.2 Å². The maximum Gasteiger partial charge on any atom is 0.410 e. The monoisotopic (exact) mass is 739 g/mol. The summed E-state index contributed by atoms with van der Waals surface area (Å²) in [4.78, 5) is 71.1. The minimum atomic E-state index is -3.88. The second-order valence-electron chi connectivity index (χ2n) is 14.6. The molecular formula is C37H49N5O9S. The number of hydrogen-bond acceptors (Lipinski definition) is 9. The summed E-state index contributed by atoms with van der Waals surface area (Å²) in [6.07, 6.45) is 11.1. The number of alkyl carbamates (subject to hydrolysis) is 1. The summed E-state index contributed by atoms with van der Waals surface area (Å²) in [7, 11) is -3.88. The molecule has 1 aromatic rings. The zero-order chi connectivity index (χ0) is 36.8. The average Bonchev–Trinajstić information content (AvgIpc) is 3.76. The van der Waals surface area contributed by atoms with Crippen molar-refractivity contribution in [2.45, 2.75) is 120 Å². The van der Waals surface area contributed by atoms with Crippen LogP contribution in [-0.4, -0.2) is 90.8 Å². The van der Waals surface area contributed by atoms with E-state index < -0.39 is 69.4 Å². The van der Waals surface area contributed by atoms with Crippen LogP contribution in [0.2, 0.25) is 0 Å². The summed E-state index contributed by atoms with van der Waals surface area (Å²) in [5.74, 6) is -2.04. The van der Waals surface area contributed by atoms with Crippen LogP contribution in [0.5, 0.6) is 0 Å². The molecule has 0 radical (unpaired) electrons. The Labute approximate surface area is 304 Å². The van der Waals surface area contributed by atoms with Crippen LogP contribution in [0.15, 0.2) is 36.4 Å². The van der Waals surface area contributed by atoms with Gasteiger partial charge in [-0.3, -0.25) is 24.0 Å². The van der Waals surface area contributed by atoms with Gasteiger partial charge in [0.05, 0.1) is 24.9 Å². The lowest BCUT2D eigenvalue weighted by Gasteiger charge is -2.29. The lowest BCUT2D eigenvalue weighted by Crippen LogP contribution is -2.56. The summed E-state index contributed by atoms with van der Waals surface area (Å²) >= 11 is 0. The SMILES string of the molecule is C[C@H]1CC/C=C/c2cccc3c2CN(C3)C(=O)O[C@@H]2C[C@H]3C(=O)NC(C(=O)NS(=O)(=O)C4CC4)C/C=C\CCCCC[C@H](NC(=O)OC1)C(=O)N3C2. The minimum Gasteiger partial charge on any atom is -0.449 e. The number of hydrogen-bond donors (Lipinski definition) is 3. The summed E-state index contributed by atoms with van der Waals surface area (Å²) in [6, 6.07) is 2.51. The topological polar surface area (TPSA) is 181 Å². The average molecular weight is 740 g/mol. The highest BCUT2D eigenvalue weighted by Crippen LogP contribution is 2.30.